The largest absolute Gasteiger partial charge is 0.492 e. The van der Waals surface area contributed by atoms with Crippen LogP contribution in [0.5, 0.6) is 5.75 Å². The lowest BCUT2D eigenvalue weighted by atomic mass is 10.1. The molecule has 0 spiro atoms. The fourth-order valence-electron chi connectivity index (χ4n) is 1.49. The minimum Gasteiger partial charge on any atom is -0.492 e. The molecular formula is C12H13FO3. The fraction of sp³-hybridized carbons (Fsp3) is 0.417. The van der Waals surface area contributed by atoms with Gasteiger partial charge in [-0.3, -0.25) is 4.39 Å². The Labute approximate surface area is 92.9 Å². The van der Waals surface area contributed by atoms with Crippen LogP contribution < -0.4 is 4.74 Å². The predicted molar refractivity (Wildman–Crippen MR) is 56.5 cm³/mol. The summed E-state index contributed by atoms with van der Waals surface area (Å²) >= 11 is 0. The molecule has 1 N–H and O–H groups in total. The van der Waals surface area contributed by atoms with Crippen LogP contribution in [0.25, 0.3) is 0 Å². The van der Waals surface area contributed by atoms with Crippen molar-refractivity contribution in [2.75, 3.05) is 13.3 Å². The Morgan fingerprint density at radius 3 is 2.69 bits per heavy atom. The number of carboxylic acids is 1. The van der Waals surface area contributed by atoms with Gasteiger partial charge in [-0.2, -0.15) is 0 Å². The zero-order valence-electron chi connectivity index (χ0n) is 8.78. The van der Waals surface area contributed by atoms with E-state index in [2.05, 4.69) is 0 Å². The van der Waals surface area contributed by atoms with E-state index in [1.807, 2.05) is 0 Å². The van der Waals surface area contributed by atoms with Gasteiger partial charge in [0, 0.05) is 5.41 Å². The van der Waals surface area contributed by atoms with Gasteiger partial charge in [-0.25, -0.2) is 4.79 Å². The number of benzene rings is 1. The van der Waals surface area contributed by atoms with Gasteiger partial charge < -0.3 is 9.84 Å². The second-order valence-corrected chi connectivity index (χ2v) is 4.22. The summed E-state index contributed by atoms with van der Waals surface area (Å²) in [4.78, 5) is 10.9. The maximum atomic E-state index is 12.6. The SMILES string of the molecule is O=C(O)c1ccccc1OCC1(CF)CC1. The van der Waals surface area contributed by atoms with E-state index in [0.717, 1.165) is 12.8 Å². The minimum absolute atomic E-state index is 0.122. The molecule has 0 saturated heterocycles. The highest BCUT2D eigenvalue weighted by atomic mass is 19.1. The topological polar surface area (TPSA) is 46.5 Å². The second kappa shape index (κ2) is 4.12. The molecule has 2 rings (SSSR count). The highest BCUT2D eigenvalue weighted by Gasteiger charge is 2.43. The van der Waals surface area contributed by atoms with Crippen LogP contribution in [0.4, 0.5) is 4.39 Å². The van der Waals surface area contributed by atoms with Crippen LogP contribution in [0.15, 0.2) is 24.3 Å². The third-order valence-electron chi connectivity index (χ3n) is 2.89. The molecule has 86 valence electrons. The molecule has 16 heavy (non-hydrogen) atoms. The Bertz CT molecular complexity index is 399. The summed E-state index contributed by atoms with van der Waals surface area (Å²) in [5.74, 6) is -0.713. The Morgan fingerprint density at radius 2 is 2.12 bits per heavy atom. The number of hydrogen-bond donors (Lipinski definition) is 1. The predicted octanol–water partition coefficient (Wildman–Crippen LogP) is 2.51. The van der Waals surface area contributed by atoms with Crippen LogP contribution in [0.2, 0.25) is 0 Å². The van der Waals surface area contributed by atoms with Gasteiger partial charge in [-0.05, 0) is 25.0 Å². The van der Waals surface area contributed by atoms with Crippen molar-refractivity contribution in [2.24, 2.45) is 5.41 Å². The van der Waals surface area contributed by atoms with Crippen molar-refractivity contribution in [1.82, 2.24) is 0 Å². The van der Waals surface area contributed by atoms with Crippen molar-refractivity contribution in [3.05, 3.63) is 29.8 Å². The molecule has 1 aromatic rings. The number of hydrogen-bond acceptors (Lipinski definition) is 2. The highest BCUT2D eigenvalue weighted by molar-refractivity contribution is 5.90. The van der Waals surface area contributed by atoms with Crippen molar-refractivity contribution in [3.63, 3.8) is 0 Å². The smallest absolute Gasteiger partial charge is 0.339 e. The van der Waals surface area contributed by atoms with E-state index in [-0.39, 0.29) is 17.6 Å². The highest BCUT2D eigenvalue weighted by Crippen LogP contribution is 2.46. The van der Waals surface area contributed by atoms with Gasteiger partial charge in [-0.15, -0.1) is 0 Å². The average Bonchev–Trinajstić information content (AvgIpc) is 3.07. The van der Waals surface area contributed by atoms with Crippen molar-refractivity contribution in [3.8, 4) is 5.75 Å². The summed E-state index contributed by atoms with van der Waals surface area (Å²) in [6.07, 6.45) is 1.64. The number of alkyl halides is 1. The third kappa shape index (κ3) is 2.15. The molecule has 0 radical (unpaired) electrons. The summed E-state index contributed by atoms with van der Waals surface area (Å²) in [5.41, 5.74) is -0.233. The van der Waals surface area contributed by atoms with Crippen molar-refractivity contribution in [1.29, 1.82) is 0 Å². The van der Waals surface area contributed by atoms with Crippen molar-refractivity contribution < 1.29 is 19.0 Å². The molecule has 0 unspecified atom stereocenters. The second-order valence-electron chi connectivity index (χ2n) is 4.22. The lowest BCUT2D eigenvalue weighted by Gasteiger charge is -2.13. The van der Waals surface area contributed by atoms with Crippen LogP contribution in [0, 0.1) is 5.41 Å². The van der Waals surface area contributed by atoms with E-state index in [1.165, 1.54) is 6.07 Å². The molecule has 0 heterocycles. The number of carboxylic acid groups (broad SMARTS) is 1. The maximum absolute atomic E-state index is 12.6. The monoisotopic (exact) mass is 224 g/mol. The first-order chi connectivity index (χ1) is 7.67. The lowest BCUT2D eigenvalue weighted by Crippen LogP contribution is -2.16. The average molecular weight is 224 g/mol. The van der Waals surface area contributed by atoms with Crippen LogP contribution >= 0.6 is 0 Å². The summed E-state index contributed by atoms with van der Waals surface area (Å²) < 4.78 is 18.0. The van der Waals surface area contributed by atoms with Gasteiger partial charge in [0.05, 0.1) is 13.3 Å². The van der Waals surface area contributed by atoms with Gasteiger partial charge >= 0.3 is 5.97 Å². The number of carbonyl (C=O) groups is 1. The maximum Gasteiger partial charge on any atom is 0.339 e. The van der Waals surface area contributed by atoms with E-state index < -0.39 is 12.6 Å². The molecule has 3 nitrogen and oxygen atoms in total. The number of aromatic carboxylic acids is 1. The molecule has 0 amide bonds. The Kier molecular flexibility index (Phi) is 2.81. The van der Waals surface area contributed by atoms with E-state index in [1.54, 1.807) is 18.2 Å². The quantitative estimate of drug-likeness (QED) is 0.835. The van der Waals surface area contributed by atoms with Gasteiger partial charge in [-0.1, -0.05) is 12.1 Å². The first-order valence-corrected chi connectivity index (χ1v) is 5.18. The fourth-order valence-corrected chi connectivity index (χ4v) is 1.49. The van der Waals surface area contributed by atoms with Crippen LogP contribution in [0.3, 0.4) is 0 Å². The van der Waals surface area contributed by atoms with Gasteiger partial charge in [0.25, 0.3) is 0 Å². The first-order valence-electron chi connectivity index (χ1n) is 5.18. The van der Waals surface area contributed by atoms with Crippen molar-refractivity contribution in [2.45, 2.75) is 12.8 Å². The Balaban J connectivity index is 2.06. The molecular weight excluding hydrogens is 211 g/mol. The van der Waals surface area contributed by atoms with E-state index in [0.29, 0.717) is 5.75 Å². The first kappa shape index (κ1) is 10.9. The van der Waals surface area contributed by atoms with Crippen LogP contribution in [0.1, 0.15) is 23.2 Å². The molecule has 1 saturated carbocycles. The number of para-hydroxylation sites is 1. The lowest BCUT2D eigenvalue weighted by molar-refractivity contribution is 0.0690. The van der Waals surface area contributed by atoms with E-state index in [4.69, 9.17) is 9.84 Å². The summed E-state index contributed by atoms with van der Waals surface area (Å²) in [7, 11) is 0. The molecule has 1 aromatic carbocycles. The number of rotatable bonds is 5. The molecule has 0 aliphatic heterocycles. The van der Waals surface area contributed by atoms with Gasteiger partial charge in [0.1, 0.15) is 11.3 Å². The number of halogens is 1. The van der Waals surface area contributed by atoms with Gasteiger partial charge in [0.15, 0.2) is 0 Å². The van der Waals surface area contributed by atoms with E-state index >= 15 is 0 Å². The Morgan fingerprint density at radius 1 is 1.44 bits per heavy atom. The summed E-state index contributed by atoms with van der Waals surface area (Å²) in [6.45, 7) is -0.143. The molecule has 4 heteroatoms. The molecule has 0 bridgehead atoms. The molecule has 1 aliphatic rings. The minimum atomic E-state index is -1.03. The molecule has 0 atom stereocenters. The zero-order valence-corrected chi connectivity index (χ0v) is 8.78. The van der Waals surface area contributed by atoms with Gasteiger partial charge in [0.2, 0.25) is 0 Å². The van der Waals surface area contributed by atoms with Crippen LogP contribution in [-0.4, -0.2) is 24.4 Å². The normalized spacial score (nSPS) is 16.8. The molecule has 1 fully saturated rings. The van der Waals surface area contributed by atoms with Crippen LogP contribution in [-0.2, 0) is 0 Å². The molecule has 1 aliphatic carbocycles. The zero-order chi connectivity index (χ0) is 11.6. The third-order valence-corrected chi connectivity index (χ3v) is 2.89. The summed E-state index contributed by atoms with van der Waals surface area (Å²) in [6, 6.07) is 6.42. The van der Waals surface area contributed by atoms with E-state index in [9.17, 15) is 9.18 Å². The summed E-state index contributed by atoms with van der Waals surface area (Å²) in [5, 5.41) is 8.91. The standard InChI is InChI=1S/C12H13FO3/c13-7-12(5-6-12)8-16-10-4-2-1-3-9(10)11(14)15/h1-4H,5-8H2,(H,14,15). The Hall–Kier alpha value is -1.58. The molecule has 0 aromatic heterocycles. The number of ether oxygens (including phenoxy) is 1. The van der Waals surface area contributed by atoms with Crippen molar-refractivity contribution >= 4 is 5.97 Å².